The largest absolute Gasteiger partial charge is 0.478 e. The molecule has 4 rings (SSSR count). The van der Waals surface area contributed by atoms with Crippen molar-refractivity contribution in [2.24, 2.45) is 0 Å². The first-order valence-corrected chi connectivity index (χ1v) is 7.44. The van der Waals surface area contributed by atoms with Crippen molar-refractivity contribution in [3.8, 4) is 0 Å². The van der Waals surface area contributed by atoms with Crippen LogP contribution in [0, 0.1) is 6.92 Å². The van der Waals surface area contributed by atoms with Gasteiger partial charge in [-0.2, -0.15) is 0 Å². The number of carbonyl (C=O) groups is 1. The second kappa shape index (κ2) is 4.98. The maximum absolute atomic E-state index is 12.3. The third-order valence-electron chi connectivity index (χ3n) is 4.10. The highest BCUT2D eigenvalue weighted by Crippen LogP contribution is 2.39. The first kappa shape index (κ1) is 13.1. The molecule has 0 spiro atoms. The second-order valence-corrected chi connectivity index (χ2v) is 5.64. The molecule has 4 heteroatoms. The van der Waals surface area contributed by atoms with Gasteiger partial charge in [-0.3, -0.25) is 9.69 Å². The summed E-state index contributed by atoms with van der Waals surface area (Å²) >= 11 is 0. The van der Waals surface area contributed by atoms with Gasteiger partial charge in [0.2, 0.25) is 5.88 Å². The number of pyridine rings is 1. The van der Waals surface area contributed by atoms with Crippen LogP contribution < -0.4 is 4.90 Å². The van der Waals surface area contributed by atoms with Crippen LogP contribution in [0.25, 0.3) is 0 Å². The number of anilines is 2. The van der Waals surface area contributed by atoms with E-state index in [9.17, 15) is 4.79 Å². The Morgan fingerprint density at radius 3 is 2.82 bits per heavy atom. The standard InChI is InChI=1S/C18H16N2O2/c1-12-4-6-14(7-5-12)20-17-13(3-2-9-19-17)11-15-16(21)8-10-22-18(15)20/h2-7,9H,8,10-11H2,1H3. The van der Waals surface area contributed by atoms with E-state index in [1.165, 1.54) is 5.56 Å². The Morgan fingerprint density at radius 1 is 1.18 bits per heavy atom. The number of ketones is 1. The number of benzene rings is 1. The summed E-state index contributed by atoms with van der Waals surface area (Å²) in [6.07, 6.45) is 2.83. The Kier molecular flexibility index (Phi) is 2.96. The summed E-state index contributed by atoms with van der Waals surface area (Å²) in [5.41, 5.74) is 3.97. The number of aromatic nitrogens is 1. The summed E-state index contributed by atoms with van der Waals surface area (Å²) in [6, 6.07) is 12.1. The molecule has 0 aliphatic carbocycles. The number of Topliss-reactive ketones (excluding diaryl/α,β-unsaturated/α-hetero) is 1. The quantitative estimate of drug-likeness (QED) is 0.809. The Bertz CT molecular complexity index is 778. The lowest BCUT2D eigenvalue weighted by Gasteiger charge is -2.35. The van der Waals surface area contributed by atoms with Gasteiger partial charge in [0.25, 0.3) is 0 Å². The minimum absolute atomic E-state index is 0.174. The van der Waals surface area contributed by atoms with Crippen molar-refractivity contribution >= 4 is 17.3 Å². The summed E-state index contributed by atoms with van der Waals surface area (Å²) in [4.78, 5) is 18.8. The van der Waals surface area contributed by atoms with Gasteiger partial charge in [-0.1, -0.05) is 23.8 Å². The van der Waals surface area contributed by atoms with Crippen molar-refractivity contribution in [2.75, 3.05) is 11.5 Å². The molecule has 3 heterocycles. The molecular weight excluding hydrogens is 276 g/mol. The number of allylic oxidation sites excluding steroid dienone is 1. The molecule has 110 valence electrons. The van der Waals surface area contributed by atoms with Crippen molar-refractivity contribution < 1.29 is 9.53 Å². The van der Waals surface area contributed by atoms with E-state index in [4.69, 9.17) is 4.74 Å². The van der Waals surface area contributed by atoms with Gasteiger partial charge in [-0.15, -0.1) is 0 Å². The predicted molar refractivity (Wildman–Crippen MR) is 83.9 cm³/mol. The summed E-state index contributed by atoms with van der Waals surface area (Å²) in [6.45, 7) is 2.49. The molecule has 2 aliphatic rings. The van der Waals surface area contributed by atoms with Crippen LogP contribution in [-0.4, -0.2) is 17.4 Å². The molecule has 1 aromatic heterocycles. The fraction of sp³-hybridized carbons (Fsp3) is 0.222. The molecule has 0 saturated heterocycles. The first-order chi connectivity index (χ1) is 10.7. The minimum atomic E-state index is 0.174. The fourth-order valence-corrected chi connectivity index (χ4v) is 2.96. The van der Waals surface area contributed by atoms with Crippen LogP contribution in [0.2, 0.25) is 0 Å². The maximum Gasteiger partial charge on any atom is 0.207 e. The second-order valence-electron chi connectivity index (χ2n) is 5.64. The van der Waals surface area contributed by atoms with Crippen LogP contribution >= 0.6 is 0 Å². The molecule has 1 aromatic carbocycles. The average Bonchev–Trinajstić information content (AvgIpc) is 2.55. The number of hydrogen-bond donors (Lipinski definition) is 0. The number of aryl methyl sites for hydroxylation is 1. The minimum Gasteiger partial charge on any atom is -0.478 e. The first-order valence-electron chi connectivity index (χ1n) is 7.44. The third kappa shape index (κ3) is 1.99. The van der Waals surface area contributed by atoms with E-state index in [1.54, 1.807) is 6.20 Å². The van der Waals surface area contributed by atoms with Gasteiger partial charge in [0, 0.05) is 24.6 Å². The molecular formula is C18H16N2O2. The third-order valence-corrected chi connectivity index (χ3v) is 4.10. The molecule has 0 saturated carbocycles. The van der Waals surface area contributed by atoms with Gasteiger partial charge in [0.05, 0.1) is 17.9 Å². The van der Waals surface area contributed by atoms with E-state index in [1.807, 2.05) is 29.2 Å². The molecule has 2 aliphatic heterocycles. The van der Waals surface area contributed by atoms with Crippen LogP contribution in [-0.2, 0) is 16.0 Å². The van der Waals surface area contributed by atoms with Gasteiger partial charge in [-0.25, -0.2) is 4.98 Å². The zero-order chi connectivity index (χ0) is 15.1. The SMILES string of the molecule is Cc1ccc(N2C3=C(Cc4cccnc42)C(=O)CCO3)cc1. The molecule has 0 unspecified atom stereocenters. The zero-order valence-electron chi connectivity index (χ0n) is 12.4. The lowest BCUT2D eigenvalue weighted by molar-refractivity contribution is -0.117. The van der Waals surface area contributed by atoms with Gasteiger partial charge in [0.15, 0.2) is 5.78 Å². The number of carbonyl (C=O) groups excluding carboxylic acids is 1. The van der Waals surface area contributed by atoms with E-state index < -0.39 is 0 Å². The molecule has 0 fully saturated rings. The van der Waals surface area contributed by atoms with Gasteiger partial charge < -0.3 is 4.74 Å². The van der Waals surface area contributed by atoms with E-state index in [-0.39, 0.29) is 5.78 Å². The fourth-order valence-electron chi connectivity index (χ4n) is 2.96. The van der Waals surface area contributed by atoms with Crippen LogP contribution in [0.1, 0.15) is 17.5 Å². The zero-order valence-corrected chi connectivity index (χ0v) is 12.4. The predicted octanol–water partition coefficient (Wildman–Crippen LogP) is 3.29. The normalized spacial score (nSPS) is 17.0. The number of ether oxygens (including phenoxy) is 1. The molecule has 22 heavy (non-hydrogen) atoms. The summed E-state index contributed by atoms with van der Waals surface area (Å²) in [7, 11) is 0. The number of hydrogen-bond acceptors (Lipinski definition) is 4. The molecule has 0 radical (unpaired) electrons. The Morgan fingerprint density at radius 2 is 2.00 bits per heavy atom. The molecule has 0 amide bonds. The van der Waals surface area contributed by atoms with Crippen LogP contribution in [0.4, 0.5) is 11.5 Å². The molecule has 0 bridgehead atoms. The number of fused-ring (bicyclic) bond motifs is 1. The highest BCUT2D eigenvalue weighted by atomic mass is 16.5. The van der Waals surface area contributed by atoms with Crippen LogP contribution in [0.15, 0.2) is 54.1 Å². The van der Waals surface area contributed by atoms with Gasteiger partial charge in [0.1, 0.15) is 5.82 Å². The van der Waals surface area contributed by atoms with Crippen molar-refractivity contribution in [3.63, 3.8) is 0 Å². The van der Waals surface area contributed by atoms with E-state index in [2.05, 4.69) is 24.0 Å². The highest BCUT2D eigenvalue weighted by Gasteiger charge is 2.34. The monoisotopic (exact) mass is 292 g/mol. The van der Waals surface area contributed by atoms with E-state index in [0.29, 0.717) is 25.3 Å². The van der Waals surface area contributed by atoms with E-state index >= 15 is 0 Å². The Hall–Kier alpha value is -2.62. The summed E-state index contributed by atoms with van der Waals surface area (Å²) < 4.78 is 5.85. The Balaban J connectivity index is 1.92. The lowest BCUT2D eigenvalue weighted by atomic mass is 9.95. The topological polar surface area (TPSA) is 42.4 Å². The lowest BCUT2D eigenvalue weighted by Crippen LogP contribution is -2.33. The number of rotatable bonds is 1. The molecule has 0 atom stereocenters. The van der Waals surface area contributed by atoms with Crippen molar-refractivity contribution in [1.29, 1.82) is 0 Å². The van der Waals surface area contributed by atoms with Crippen LogP contribution in [0.5, 0.6) is 0 Å². The summed E-state index contributed by atoms with van der Waals surface area (Å²) in [5, 5.41) is 0. The van der Waals surface area contributed by atoms with Gasteiger partial charge >= 0.3 is 0 Å². The van der Waals surface area contributed by atoms with Crippen molar-refractivity contribution in [1.82, 2.24) is 4.98 Å². The smallest absolute Gasteiger partial charge is 0.207 e. The average molecular weight is 292 g/mol. The van der Waals surface area contributed by atoms with Crippen LogP contribution in [0.3, 0.4) is 0 Å². The van der Waals surface area contributed by atoms with Gasteiger partial charge in [-0.05, 0) is 25.1 Å². The van der Waals surface area contributed by atoms with Crippen molar-refractivity contribution in [3.05, 3.63) is 65.2 Å². The highest BCUT2D eigenvalue weighted by molar-refractivity contribution is 5.99. The Labute approximate surface area is 129 Å². The van der Waals surface area contributed by atoms with E-state index in [0.717, 1.165) is 22.6 Å². The molecule has 4 nitrogen and oxygen atoms in total. The summed E-state index contributed by atoms with van der Waals surface area (Å²) in [5.74, 6) is 1.67. The number of nitrogens with zero attached hydrogens (tertiary/aromatic N) is 2. The molecule has 2 aromatic rings. The maximum atomic E-state index is 12.3. The molecule has 0 N–H and O–H groups in total. The van der Waals surface area contributed by atoms with Crippen molar-refractivity contribution in [2.45, 2.75) is 19.8 Å².